The first kappa shape index (κ1) is 19.4. The number of nitrogens with zero attached hydrogens (tertiary/aromatic N) is 1. The molecule has 2 amide bonds. The topological polar surface area (TPSA) is 58.6 Å². The van der Waals surface area contributed by atoms with Gasteiger partial charge in [0.05, 0.1) is 18.8 Å². The van der Waals surface area contributed by atoms with Crippen molar-refractivity contribution in [3.05, 3.63) is 76.7 Å². The van der Waals surface area contributed by atoms with Crippen molar-refractivity contribution in [2.24, 2.45) is 0 Å². The number of carbonyl (C=O) groups is 2. The molecule has 1 saturated heterocycles. The van der Waals surface area contributed by atoms with Gasteiger partial charge in [0, 0.05) is 29.6 Å². The van der Waals surface area contributed by atoms with E-state index in [4.69, 9.17) is 4.74 Å². The normalized spacial score (nSPS) is 13.9. The molecule has 0 saturated carbocycles. The zero-order valence-corrected chi connectivity index (χ0v) is 17.0. The zero-order valence-electron chi connectivity index (χ0n) is 16.2. The van der Waals surface area contributed by atoms with Crippen molar-refractivity contribution < 1.29 is 14.3 Å². The van der Waals surface area contributed by atoms with E-state index in [9.17, 15) is 9.59 Å². The molecule has 148 valence electrons. The van der Waals surface area contributed by atoms with Crippen molar-refractivity contribution in [3.63, 3.8) is 0 Å². The molecule has 6 heteroatoms. The molecule has 2 heterocycles. The van der Waals surface area contributed by atoms with E-state index in [1.165, 1.54) is 11.3 Å². The molecule has 0 radical (unpaired) electrons. The molecule has 2 aromatic carbocycles. The van der Waals surface area contributed by atoms with Crippen LogP contribution in [0.4, 0.5) is 5.00 Å². The highest BCUT2D eigenvalue weighted by molar-refractivity contribution is 7.15. The molecule has 3 aromatic rings. The molecule has 5 nitrogen and oxygen atoms in total. The number of thiophene rings is 1. The number of hydrogen-bond donors (Lipinski definition) is 1. The number of aryl methyl sites for hydroxylation is 1. The fourth-order valence-corrected chi connectivity index (χ4v) is 4.25. The largest absolute Gasteiger partial charge is 0.378 e. The van der Waals surface area contributed by atoms with Gasteiger partial charge >= 0.3 is 0 Å². The lowest BCUT2D eigenvalue weighted by Crippen LogP contribution is -2.41. The molecule has 1 aliphatic heterocycles. The Morgan fingerprint density at radius 1 is 1.00 bits per heavy atom. The van der Waals surface area contributed by atoms with E-state index < -0.39 is 0 Å². The van der Waals surface area contributed by atoms with E-state index in [2.05, 4.69) is 5.32 Å². The second kappa shape index (κ2) is 8.59. The summed E-state index contributed by atoms with van der Waals surface area (Å²) in [5.74, 6) is -0.296. The van der Waals surface area contributed by atoms with Crippen LogP contribution in [0.2, 0.25) is 0 Å². The summed E-state index contributed by atoms with van der Waals surface area (Å²) in [6.07, 6.45) is 0. The summed E-state index contributed by atoms with van der Waals surface area (Å²) < 4.78 is 5.38. The van der Waals surface area contributed by atoms with Crippen LogP contribution in [0.3, 0.4) is 0 Å². The molecular weight excluding hydrogens is 384 g/mol. The monoisotopic (exact) mass is 406 g/mol. The Labute approximate surface area is 173 Å². The molecule has 1 N–H and O–H groups in total. The summed E-state index contributed by atoms with van der Waals surface area (Å²) in [6.45, 7) is 4.14. The van der Waals surface area contributed by atoms with Crippen LogP contribution in [-0.2, 0) is 4.74 Å². The van der Waals surface area contributed by atoms with Crippen LogP contribution in [0.5, 0.6) is 0 Å². The zero-order chi connectivity index (χ0) is 20.2. The summed E-state index contributed by atoms with van der Waals surface area (Å²) in [4.78, 5) is 27.9. The molecular formula is C23H22N2O3S. The second-order valence-electron chi connectivity index (χ2n) is 6.94. The Morgan fingerprint density at radius 3 is 2.38 bits per heavy atom. The molecule has 0 bridgehead atoms. The number of morpholine rings is 1. The first-order valence-corrected chi connectivity index (χ1v) is 10.4. The second-order valence-corrected chi connectivity index (χ2v) is 7.82. The van der Waals surface area contributed by atoms with Gasteiger partial charge in [0.2, 0.25) is 0 Å². The number of benzene rings is 2. The van der Waals surface area contributed by atoms with Gasteiger partial charge in [0.15, 0.2) is 0 Å². The first-order chi connectivity index (χ1) is 14.1. The summed E-state index contributed by atoms with van der Waals surface area (Å²) in [5.41, 5.74) is 3.99. The molecule has 0 spiro atoms. The van der Waals surface area contributed by atoms with Crippen molar-refractivity contribution in [2.45, 2.75) is 6.92 Å². The SMILES string of the molecule is Cc1ccc(C(=O)Nc2scc(-c3ccccc3)c2C(=O)N2CCOCC2)cc1. The smallest absolute Gasteiger partial charge is 0.257 e. The molecule has 0 unspecified atom stereocenters. The van der Waals surface area contributed by atoms with Gasteiger partial charge < -0.3 is 15.0 Å². The minimum absolute atomic E-state index is 0.0763. The van der Waals surface area contributed by atoms with Crippen LogP contribution in [0.25, 0.3) is 11.1 Å². The number of anilines is 1. The third-order valence-corrected chi connectivity index (χ3v) is 5.82. The third-order valence-electron chi connectivity index (χ3n) is 4.93. The lowest BCUT2D eigenvalue weighted by Gasteiger charge is -2.27. The number of ether oxygens (including phenoxy) is 1. The van der Waals surface area contributed by atoms with Crippen LogP contribution in [0, 0.1) is 6.92 Å². The van der Waals surface area contributed by atoms with E-state index in [0.29, 0.717) is 42.4 Å². The van der Waals surface area contributed by atoms with Crippen molar-refractivity contribution in [3.8, 4) is 11.1 Å². The summed E-state index contributed by atoms with van der Waals surface area (Å²) >= 11 is 1.38. The molecule has 1 fully saturated rings. The Hall–Kier alpha value is -2.96. The summed E-state index contributed by atoms with van der Waals surface area (Å²) in [6, 6.07) is 17.2. The maximum Gasteiger partial charge on any atom is 0.257 e. The van der Waals surface area contributed by atoms with Crippen molar-refractivity contribution in [1.29, 1.82) is 0 Å². The van der Waals surface area contributed by atoms with Gasteiger partial charge in [-0.2, -0.15) is 0 Å². The predicted octanol–water partition coefficient (Wildman–Crippen LogP) is 4.45. The van der Waals surface area contributed by atoms with Crippen molar-refractivity contribution in [2.75, 3.05) is 31.6 Å². The Bertz CT molecular complexity index is 1010. The Balaban J connectivity index is 1.69. The number of nitrogens with one attached hydrogen (secondary N) is 1. The first-order valence-electron chi connectivity index (χ1n) is 9.55. The highest BCUT2D eigenvalue weighted by atomic mass is 32.1. The van der Waals surface area contributed by atoms with Crippen molar-refractivity contribution >= 4 is 28.2 Å². The lowest BCUT2D eigenvalue weighted by atomic mass is 10.0. The number of amides is 2. The molecule has 29 heavy (non-hydrogen) atoms. The van der Waals surface area contributed by atoms with Crippen molar-refractivity contribution in [1.82, 2.24) is 4.90 Å². The third kappa shape index (κ3) is 4.23. The van der Waals surface area contributed by atoms with Crippen LogP contribution in [0.15, 0.2) is 60.0 Å². The molecule has 1 aromatic heterocycles. The fourth-order valence-electron chi connectivity index (χ4n) is 3.30. The lowest BCUT2D eigenvalue weighted by molar-refractivity contribution is 0.0304. The van der Waals surface area contributed by atoms with Gasteiger partial charge in [-0.3, -0.25) is 9.59 Å². The van der Waals surface area contributed by atoms with Crippen LogP contribution >= 0.6 is 11.3 Å². The predicted molar refractivity (Wildman–Crippen MR) is 116 cm³/mol. The Kier molecular flexibility index (Phi) is 5.74. The number of hydrogen-bond acceptors (Lipinski definition) is 4. The van der Waals surface area contributed by atoms with Gasteiger partial charge in [0.25, 0.3) is 11.8 Å². The maximum absolute atomic E-state index is 13.4. The summed E-state index contributed by atoms with van der Waals surface area (Å²) in [7, 11) is 0. The maximum atomic E-state index is 13.4. The van der Waals surface area contributed by atoms with E-state index in [1.54, 1.807) is 17.0 Å². The van der Waals surface area contributed by atoms with E-state index in [0.717, 1.165) is 16.7 Å². The van der Waals surface area contributed by atoms with Gasteiger partial charge in [-0.05, 0) is 24.6 Å². The minimum atomic E-state index is -0.220. The highest BCUT2D eigenvalue weighted by Gasteiger charge is 2.27. The molecule has 0 atom stereocenters. The molecule has 4 rings (SSSR count). The van der Waals surface area contributed by atoms with Crippen LogP contribution < -0.4 is 5.32 Å². The van der Waals surface area contributed by atoms with Crippen LogP contribution in [0.1, 0.15) is 26.3 Å². The Morgan fingerprint density at radius 2 is 1.69 bits per heavy atom. The highest BCUT2D eigenvalue weighted by Crippen LogP contribution is 2.37. The fraction of sp³-hybridized carbons (Fsp3) is 0.217. The van der Waals surface area contributed by atoms with E-state index in [1.807, 2.05) is 54.8 Å². The van der Waals surface area contributed by atoms with Gasteiger partial charge in [0.1, 0.15) is 5.00 Å². The number of rotatable bonds is 4. The average molecular weight is 407 g/mol. The number of carbonyl (C=O) groups excluding carboxylic acids is 2. The quantitative estimate of drug-likeness (QED) is 0.696. The average Bonchev–Trinajstić information content (AvgIpc) is 3.18. The van der Waals surface area contributed by atoms with Crippen LogP contribution in [-0.4, -0.2) is 43.0 Å². The van der Waals surface area contributed by atoms with Gasteiger partial charge in [-0.1, -0.05) is 48.0 Å². The van der Waals surface area contributed by atoms with E-state index in [-0.39, 0.29) is 11.8 Å². The van der Waals surface area contributed by atoms with E-state index >= 15 is 0 Å². The molecule has 1 aliphatic rings. The summed E-state index contributed by atoms with van der Waals surface area (Å²) in [5, 5.41) is 5.47. The van der Waals surface area contributed by atoms with Gasteiger partial charge in [-0.25, -0.2) is 0 Å². The van der Waals surface area contributed by atoms with Gasteiger partial charge in [-0.15, -0.1) is 11.3 Å². The molecule has 0 aliphatic carbocycles. The minimum Gasteiger partial charge on any atom is -0.378 e. The standard InChI is InChI=1S/C23H22N2O3S/c1-16-7-9-18(10-8-16)21(26)24-22-20(23(27)25-11-13-28-14-12-25)19(15-29-22)17-5-3-2-4-6-17/h2-10,15H,11-14H2,1H3,(H,24,26).